The smallest absolute Gasteiger partial charge is 0.310 e. The molecule has 1 unspecified atom stereocenters. The van der Waals surface area contributed by atoms with Crippen LogP contribution in [0.5, 0.6) is 0 Å². The van der Waals surface area contributed by atoms with Gasteiger partial charge in [0, 0.05) is 13.0 Å². The summed E-state index contributed by atoms with van der Waals surface area (Å²) in [5.41, 5.74) is -1.78. The number of carboxylic acid groups (broad SMARTS) is 1. The zero-order valence-corrected chi connectivity index (χ0v) is 11.2. The number of amides is 1. The summed E-state index contributed by atoms with van der Waals surface area (Å²) in [6, 6.07) is 0. The third-order valence-electron chi connectivity index (χ3n) is 3.72. The Hall–Kier alpha value is -1.10. The van der Waals surface area contributed by atoms with Crippen LogP contribution in [0.15, 0.2) is 0 Å². The molecule has 3 N–H and O–H groups in total. The number of carboxylic acids is 1. The maximum Gasteiger partial charge on any atom is 0.310 e. The molecule has 5 heteroatoms. The topological polar surface area (TPSA) is 86.6 Å². The maximum atomic E-state index is 11.7. The molecule has 0 aromatic rings. The largest absolute Gasteiger partial charge is 0.481 e. The fraction of sp³-hybridized carbons (Fsp3) is 0.846. The number of aliphatic carboxylic acids is 1. The average molecular weight is 257 g/mol. The molecule has 1 atom stereocenters. The van der Waals surface area contributed by atoms with Gasteiger partial charge in [-0.1, -0.05) is 19.8 Å². The van der Waals surface area contributed by atoms with Crippen LogP contribution in [-0.2, 0) is 9.59 Å². The molecule has 0 radical (unpaired) electrons. The summed E-state index contributed by atoms with van der Waals surface area (Å²) in [6.45, 7) is 3.81. The standard InChI is InChI=1S/C13H23NO4/c1-3-5-12(2,18)9-14-10(15)8-13(11(16)17)6-4-7-13/h18H,3-9H2,1-2H3,(H,14,15)(H,16,17). The minimum absolute atomic E-state index is 0.0184. The summed E-state index contributed by atoms with van der Waals surface area (Å²) < 4.78 is 0. The van der Waals surface area contributed by atoms with Gasteiger partial charge in [0.15, 0.2) is 0 Å². The van der Waals surface area contributed by atoms with Crippen molar-refractivity contribution in [2.24, 2.45) is 5.41 Å². The van der Waals surface area contributed by atoms with Crippen LogP contribution >= 0.6 is 0 Å². The summed E-state index contributed by atoms with van der Waals surface area (Å²) in [7, 11) is 0. The monoisotopic (exact) mass is 257 g/mol. The van der Waals surface area contributed by atoms with Crippen molar-refractivity contribution in [3.63, 3.8) is 0 Å². The summed E-state index contributed by atoms with van der Waals surface area (Å²) in [4.78, 5) is 22.8. The van der Waals surface area contributed by atoms with Crippen LogP contribution in [0.4, 0.5) is 0 Å². The zero-order valence-electron chi connectivity index (χ0n) is 11.2. The van der Waals surface area contributed by atoms with Crippen LogP contribution in [0, 0.1) is 5.41 Å². The van der Waals surface area contributed by atoms with Crippen LogP contribution in [0.1, 0.15) is 52.4 Å². The van der Waals surface area contributed by atoms with E-state index in [0.717, 1.165) is 12.8 Å². The van der Waals surface area contributed by atoms with Gasteiger partial charge in [0.1, 0.15) is 0 Å². The van der Waals surface area contributed by atoms with Gasteiger partial charge in [-0.15, -0.1) is 0 Å². The van der Waals surface area contributed by atoms with E-state index in [9.17, 15) is 14.7 Å². The molecule has 0 spiro atoms. The fourth-order valence-electron chi connectivity index (χ4n) is 2.36. The van der Waals surface area contributed by atoms with Crippen LogP contribution in [0.2, 0.25) is 0 Å². The zero-order chi connectivity index (χ0) is 13.8. The number of aliphatic hydroxyl groups is 1. The molecular weight excluding hydrogens is 234 g/mol. The molecule has 0 aliphatic heterocycles. The molecule has 104 valence electrons. The summed E-state index contributed by atoms with van der Waals surface area (Å²) in [5.74, 6) is -1.17. The van der Waals surface area contributed by atoms with Crippen LogP contribution < -0.4 is 5.32 Å². The molecule has 0 bridgehead atoms. The van der Waals surface area contributed by atoms with Gasteiger partial charge in [0.05, 0.1) is 11.0 Å². The predicted octanol–water partition coefficient (Wildman–Crippen LogP) is 1.30. The highest BCUT2D eigenvalue weighted by Crippen LogP contribution is 2.44. The fourth-order valence-corrected chi connectivity index (χ4v) is 2.36. The summed E-state index contributed by atoms with van der Waals surface area (Å²) in [6.07, 6.45) is 3.47. The third kappa shape index (κ3) is 3.70. The van der Waals surface area contributed by atoms with E-state index in [0.29, 0.717) is 19.3 Å². The molecule has 1 rings (SSSR count). The van der Waals surface area contributed by atoms with Crippen LogP contribution in [0.3, 0.4) is 0 Å². The van der Waals surface area contributed by atoms with Gasteiger partial charge in [0.25, 0.3) is 0 Å². The lowest BCUT2D eigenvalue weighted by Gasteiger charge is -2.37. The van der Waals surface area contributed by atoms with E-state index >= 15 is 0 Å². The van der Waals surface area contributed by atoms with E-state index in [1.165, 1.54) is 0 Å². The van der Waals surface area contributed by atoms with Crippen molar-refractivity contribution in [2.75, 3.05) is 6.54 Å². The molecule has 1 saturated carbocycles. The Morgan fingerprint density at radius 1 is 1.39 bits per heavy atom. The van der Waals surface area contributed by atoms with E-state index < -0.39 is 17.0 Å². The number of carbonyl (C=O) groups excluding carboxylic acids is 1. The summed E-state index contributed by atoms with van der Waals surface area (Å²) >= 11 is 0. The first-order valence-corrected chi connectivity index (χ1v) is 6.54. The number of rotatable bonds is 7. The molecule has 0 heterocycles. The first-order chi connectivity index (χ1) is 8.31. The van der Waals surface area contributed by atoms with Gasteiger partial charge in [-0.3, -0.25) is 9.59 Å². The van der Waals surface area contributed by atoms with Crippen molar-refractivity contribution >= 4 is 11.9 Å². The van der Waals surface area contributed by atoms with Gasteiger partial charge in [-0.25, -0.2) is 0 Å². The molecule has 5 nitrogen and oxygen atoms in total. The van der Waals surface area contributed by atoms with E-state index in [4.69, 9.17) is 5.11 Å². The van der Waals surface area contributed by atoms with Gasteiger partial charge in [-0.2, -0.15) is 0 Å². The second-order valence-corrected chi connectivity index (χ2v) is 5.64. The lowest BCUT2D eigenvalue weighted by atomic mass is 9.66. The Labute approximate surface area is 108 Å². The Morgan fingerprint density at radius 2 is 2.00 bits per heavy atom. The quantitative estimate of drug-likeness (QED) is 0.641. The van der Waals surface area contributed by atoms with Crippen molar-refractivity contribution in [1.29, 1.82) is 0 Å². The normalized spacial score (nSPS) is 20.6. The maximum absolute atomic E-state index is 11.7. The lowest BCUT2D eigenvalue weighted by Crippen LogP contribution is -2.46. The van der Waals surface area contributed by atoms with Crippen molar-refractivity contribution in [2.45, 2.75) is 58.0 Å². The van der Waals surface area contributed by atoms with Crippen molar-refractivity contribution in [3.8, 4) is 0 Å². The first-order valence-electron chi connectivity index (χ1n) is 6.54. The van der Waals surface area contributed by atoms with E-state index in [1.54, 1.807) is 6.92 Å². The molecule has 18 heavy (non-hydrogen) atoms. The Morgan fingerprint density at radius 3 is 2.39 bits per heavy atom. The minimum atomic E-state index is -0.916. The van der Waals surface area contributed by atoms with E-state index in [2.05, 4.69) is 5.32 Å². The highest BCUT2D eigenvalue weighted by Gasteiger charge is 2.45. The van der Waals surface area contributed by atoms with Gasteiger partial charge in [0.2, 0.25) is 5.91 Å². The van der Waals surface area contributed by atoms with Crippen LogP contribution in [-0.4, -0.2) is 34.2 Å². The van der Waals surface area contributed by atoms with Crippen molar-refractivity contribution in [1.82, 2.24) is 5.32 Å². The summed E-state index contributed by atoms with van der Waals surface area (Å²) in [5, 5.41) is 21.7. The average Bonchev–Trinajstić information content (AvgIpc) is 2.20. The minimum Gasteiger partial charge on any atom is -0.481 e. The Kier molecular flexibility index (Phi) is 4.73. The molecule has 1 amide bonds. The molecule has 0 aromatic carbocycles. The van der Waals surface area contributed by atoms with E-state index in [1.807, 2.05) is 6.92 Å². The molecule has 1 aliphatic rings. The Balaban J connectivity index is 2.40. The lowest BCUT2D eigenvalue weighted by molar-refractivity contribution is -0.157. The number of nitrogens with one attached hydrogen (secondary N) is 1. The SMILES string of the molecule is CCCC(C)(O)CNC(=O)CC1(C(=O)O)CCC1. The second kappa shape index (κ2) is 5.69. The number of carbonyl (C=O) groups is 2. The molecular formula is C13H23NO4. The van der Waals surface area contributed by atoms with Gasteiger partial charge >= 0.3 is 5.97 Å². The highest BCUT2D eigenvalue weighted by molar-refractivity contribution is 5.85. The predicted molar refractivity (Wildman–Crippen MR) is 67.1 cm³/mol. The number of hydrogen-bond acceptors (Lipinski definition) is 3. The van der Waals surface area contributed by atoms with Gasteiger partial charge in [-0.05, 0) is 26.2 Å². The molecule has 0 aromatic heterocycles. The molecule has 0 saturated heterocycles. The first kappa shape index (κ1) is 15.0. The van der Waals surface area contributed by atoms with Gasteiger partial charge < -0.3 is 15.5 Å². The van der Waals surface area contributed by atoms with E-state index in [-0.39, 0.29) is 18.9 Å². The van der Waals surface area contributed by atoms with Crippen molar-refractivity contribution < 1.29 is 19.8 Å². The number of hydrogen-bond donors (Lipinski definition) is 3. The molecule has 1 fully saturated rings. The van der Waals surface area contributed by atoms with Crippen molar-refractivity contribution in [3.05, 3.63) is 0 Å². The second-order valence-electron chi connectivity index (χ2n) is 5.64. The highest BCUT2D eigenvalue weighted by atomic mass is 16.4. The Bertz CT molecular complexity index is 321. The molecule has 1 aliphatic carbocycles. The third-order valence-corrected chi connectivity index (χ3v) is 3.72. The van der Waals surface area contributed by atoms with Crippen LogP contribution in [0.25, 0.3) is 0 Å².